The Hall–Kier alpha value is -0.820. The van der Waals surface area contributed by atoms with Crippen molar-refractivity contribution in [2.24, 2.45) is 5.73 Å². The second kappa shape index (κ2) is 8.28. The number of hydrogen-bond acceptors (Lipinski definition) is 1. The molecule has 0 saturated carbocycles. The molecule has 0 fully saturated rings. The lowest BCUT2D eigenvalue weighted by Gasteiger charge is -1.99. The van der Waals surface area contributed by atoms with Gasteiger partial charge in [-0.15, -0.1) is 0 Å². The van der Waals surface area contributed by atoms with Crippen LogP contribution in [0.2, 0.25) is 0 Å². The molecule has 2 N–H and O–H groups in total. The van der Waals surface area contributed by atoms with Crippen molar-refractivity contribution in [1.29, 1.82) is 0 Å². The third-order valence-corrected chi connectivity index (χ3v) is 1.76. The zero-order valence-electron chi connectivity index (χ0n) is 7.76. The summed E-state index contributed by atoms with van der Waals surface area (Å²) in [5.41, 5.74) is 6.65. The summed E-state index contributed by atoms with van der Waals surface area (Å²) >= 11 is 0. The molecule has 0 spiro atoms. The molecule has 12 heavy (non-hydrogen) atoms. The van der Waals surface area contributed by atoms with Crippen molar-refractivity contribution in [2.45, 2.75) is 25.7 Å². The minimum Gasteiger partial charge on any atom is -0.330 e. The van der Waals surface area contributed by atoms with Crippen LogP contribution in [0.1, 0.15) is 25.7 Å². The molecule has 1 heteroatoms. The SMILES string of the molecule is C=C/C=C(\C=C)CCCCCN. The monoisotopic (exact) mass is 165 g/mol. The van der Waals surface area contributed by atoms with E-state index in [1.54, 1.807) is 6.08 Å². The second-order valence-electron chi connectivity index (χ2n) is 2.78. The molecule has 0 rings (SSSR count). The van der Waals surface area contributed by atoms with Gasteiger partial charge in [0, 0.05) is 0 Å². The topological polar surface area (TPSA) is 26.0 Å². The van der Waals surface area contributed by atoms with Crippen molar-refractivity contribution in [2.75, 3.05) is 6.54 Å². The Balaban J connectivity index is 3.51. The molecule has 0 saturated heterocycles. The Morgan fingerprint density at radius 1 is 1.17 bits per heavy atom. The first kappa shape index (κ1) is 11.2. The molecule has 0 unspecified atom stereocenters. The largest absolute Gasteiger partial charge is 0.330 e. The molecular weight excluding hydrogens is 146 g/mol. The highest BCUT2D eigenvalue weighted by Gasteiger charge is 1.90. The number of nitrogens with two attached hydrogens (primary N) is 1. The number of allylic oxidation sites excluding steroid dienone is 4. The van der Waals surface area contributed by atoms with Gasteiger partial charge < -0.3 is 5.73 Å². The van der Waals surface area contributed by atoms with E-state index in [4.69, 9.17) is 5.73 Å². The average Bonchev–Trinajstić information content (AvgIpc) is 2.10. The molecule has 0 bridgehead atoms. The van der Waals surface area contributed by atoms with Crippen LogP contribution in [-0.2, 0) is 0 Å². The van der Waals surface area contributed by atoms with Crippen LogP contribution >= 0.6 is 0 Å². The van der Waals surface area contributed by atoms with Crippen molar-refractivity contribution in [3.05, 3.63) is 37.0 Å². The lowest BCUT2D eigenvalue weighted by molar-refractivity contribution is 0.688. The third kappa shape index (κ3) is 5.93. The van der Waals surface area contributed by atoms with Gasteiger partial charge in [-0.05, 0) is 31.4 Å². The van der Waals surface area contributed by atoms with Gasteiger partial charge in [0.25, 0.3) is 0 Å². The Labute approximate surface area is 75.7 Å². The molecule has 0 amide bonds. The molecule has 68 valence electrons. The molecule has 0 radical (unpaired) electrons. The van der Waals surface area contributed by atoms with E-state index in [-0.39, 0.29) is 0 Å². The van der Waals surface area contributed by atoms with Gasteiger partial charge >= 0.3 is 0 Å². The van der Waals surface area contributed by atoms with Gasteiger partial charge in [-0.1, -0.05) is 37.8 Å². The summed E-state index contributed by atoms with van der Waals surface area (Å²) in [6.45, 7) is 8.19. The first-order valence-electron chi connectivity index (χ1n) is 4.49. The van der Waals surface area contributed by atoms with Crippen molar-refractivity contribution in [3.8, 4) is 0 Å². The normalized spacial score (nSPS) is 11.2. The fourth-order valence-corrected chi connectivity index (χ4v) is 1.06. The van der Waals surface area contributed by atoms with Crippen molar-refractivity contribution in [1.82, 2.24) is 0 Å². The maximum absolute atomic E-state index is 5.39. The Bertz CT molecular complexity index is 156. The quantitative estimate of drug-likeness (QED) is 0.455. The third-order valence-electron chi connectivity index (χ3n) is 1.76. The van der Waals surface area contributed by atoms with Crippen LogP contribution < -0.4 is 5.73 Å². The summed E-state index contributed by atoms with van der Waals surface area (Å²) in [4.78, 5) is 0. The molecule has 0 aliphatic carbocycles. The van der Waals surface area contributed by atoms with Crippen LogP contribution in [0.4, 0.5) is 0 Å². The number of unbranched alkanes of at least 4 members (excludes halogenated alkanes) is 2. The van der Waals surface area contributed by atoms with Crippen LogP contribution in [0.15, 0.2) is 37.0 Å². The molecular formula is C11H19N. The predicted molar refractivity (Wildman–Crippen MR) is 56.0 cm³/mol. The van der Waals surface area contributed by atoms with E-state index < -0.39 is 0 Å². The molecule has 0 aromatic heterocycles. The second-order valence-corrected chi connectivity index (χ2v) is 2.78. The predicted octanol–water partition coefficient (Wildman–Crippen LogP) is 2.80. The van der Waals surface area contributed by atoms with Gasteiger partial charge in [-0.3, -0.25) is 0 Å². The van der Waals surface area contributed by atoms with Crippen molar-refractivity contribution >= 4 is 0 Å². The molecule has 0 atom stereocenters. The molecule has 0 aliphatic rings. The fraction of sp³-hybridized carbons (Fsp3) is 0.455. The van der Waals surface area contributed by atoms with Gasteiger partial charge in [0.15, 0.2) is 0 Å². The first-order chi connectivity index (χ1) is 5.85. The van der Waals surface area contributed by atoms with E-state index >= 15 is 0 Å². The zero-order chi connectivity index (χ0) is 9.23. The Kier molecular flexibility index (Phi) is 7.71. The lowest BCUT2D eigenvalue weighted by Crippen LogP contribution is -1.97. The standard InChI is InChI=1S/C11H19N/c1-3-8-11(4-2)9-6-5-7-10-12/h3-4,8H,1-2,5-7,9-10,12H2/b11-8+. The first-order valence-corrected chi connectivity index (χ1v) is 4.49. The fourth-order valence-electron chi connectivity index (χ4n) is 1.06. The van der Waals surface area contributed by atoms with E-state index in [0.29, 0.717) is 0 Å². The highest BCUT2D eigenvalue weighted by molar-refractivity contribution is 5.20. The maximum atomic E-state index is 5.39. The van der Waals surface area contributed by atoms with E-state index in [1.807, 2.05) is 12.2 Å². The molecule has 0 aromatic carbocycles. The maximum Gasteiger partial charge on any atom is -0.00773 e. The summed E-state index contributed by atoms with van der Waals surface area (Å²) in [6, 6.07) is 0. The highest BCUT2D eigenvalue weighted by Crippen LogP contribution is 2.09. The summed E-state index contributed by atoms with van der Waals surface area (Å²) in [7, 11) is 0. The van der Waals surface area contributed by atoms with Gasteiger partial charge in [0.05, 0.1) is 0 Å². The minimum atomic E-state index is 0.800. The van der Waals surface area contributed by atoms with Gasteiger partial charge in [0.1, 0.15) is 0 Å². The van der Waals surface area contributed by atoms with Crippen molar-refractivity contribution in [3.63, 3.8) is 0 Å². The van der Waals surface area contributed by atoms with Crippen LogP contribution in [0.3, 0.4) is 0 Å². The molecule has 0 aromatic rings. The summed E-state index contributed by atoms with van der Waals surface area (Å²) in [5.74, 6) is 0. The van der Waals surface area contributed by atoms with Crippen LogP contribution in [0, 0.1) is 0 Å². The van der Waals surface area contributed by atoms with Crippen LogP contribution in [0.5, 0.6) is 0 Å². The molecule has 1 nitrogen and oxygen atoms in total. The van der Waals surface area contributed by atoms with E-state index in [9.17, 15) is 0 Å². The summed E-state index contributed by atoms with van der Waals surface area (Å²) in [5, 5.41) is 0. The smallest absolute Gasteiger partial charge is 0.00773 e. The van der Waals surface area contributed by atoms with Crippen LogP contribution in [0.25, 0.3) is 0 Å². The number of hydrogen-bond donors (Lipinski definition) is 1. The minimum absolute atomic E-state index is 0.800. The van der Waals surface area contributed by atoms with Crippen LogP contribution in [-0.4, -0.2) is 6.54 Å². The lowest BCUT2D eigenvalue weighted by atomic mass is 10.1. The Morgan fingerprint density at radius 3 is 2.42 bits per heavy atom. The zero-order valence-corrected chi connectivity index (χ0v) is 7.76. The van der Waals surface area contributed by atoms with E-state index in [0.717, 1.165) is 19.4 Å². The van der Waals surface area contributed by atoms with Gasteiger partial charge in [-0.25, -0.2) is 0 Å². The average molecular weight is 165 g/mol. The number of rotatable bonds is 7. The van der Waals surface area contributed by atoms with Gasteiger partial charge in [0.2, 0.25) is 0 Å². The van der Waals surface area contributed by atoms with E-state index in [2.05, 4.69) is 13.2 Å². The molecule has 0 heterocycles. The molecule has 0 aliphatic heterocycles. The Morgan fingerprint density at radius 2 is 1.92 bits per heavy atom. The van der Waals surface area contributed by atoms with Crippen molar-refractivity contribution < 1.29 is 0 Å². The van der Waals surface area contributed by atoms with Gasteiger partial charge in [-0.2, -0.15) is 0 Å². The highest BCUT2D eigenvalue weighted by atomic mass is 14.5. The van der Waals surface area contributed by atoms with E-state index in [1.165, 1.54) is 18.4 Å². The summed E-state index contributed by atoms with van der Waals surface area (Å²) < 4.78 is 0. The summed E-state index contributed by atoms with van der Waals surface area (Å²) in [6.07, 6.45) is 10.3.